The van der Waals surface area contributed by atoms with Crippen molar-refractivity contribution in [3.63, 3.8) is 0 Å². The topological polar surface area (TPSA) is 72.8 Å². The van der Waals surface area contributed by atoms with Crippen LogP contribution in [0.3, 0.4) is 0 Å². The molecular weight excluding hydrogens is 304 g/mol. The van der Waals surface area contributed by atoms with Gasteiger partial charge in [0.05, 0.1) is 20.8 Å². The molecule has 0 amide bonds. The lowest BCUT2D eigenvalue weighted by molar-refractivity contribution is -0.142. The van der Waals surface area contributed by atoms with Crippen LogP contribution in [0.4, 0.5) is 0 Å². The second kappa shape index (κ2) is 5.97. The highest BCUT2D eigenvalue weighted by Crippen LogP contribution is 2.26. The lowest BCUT2D eigenvalue weighted by atomic mass is 9.98. The first-order chi connectivity index (χ1) is 8.49. The maximum absolute atomic E-state index is 12.1. The van der Waals surface area contributed by atoms with Crippen molar-refractivity contribution in [3.05, 3.63) is 29.8 Å². The molecule has 0 saturated heterocycles. The molecule has 0 saturated carbocycles. The van der Waals surface area contributed by atoms with E-state index in [-0.39, 0.29) is 5.56 Å². The molecule has 1 unspecified atom stereocenters. The van der Waals surface area contributed by atoms with Crippen LogP contribution in [0.5, 0.6) is 5.75 Å². The number of aliphatic hydroxyl groups excluding tert-OH is 1. The molecule has 0 aliphatic heterocycles. The number of alkyl halides is 1. The highest BCUT2D eigenvalue weighted by atomic mass is 79.9. The summed E-state index contributed by atoms with van der Waals surface area (Å²) in [6.07, 6.45) is 0. The van der Waals surface area contributed by atoms with Crippen molar-refractivity contribution in [1.82, 2.24) is 0 Å². The van der Waals surface area contributed by atoms with Crippen molar-refractivity contribution >= 4 is 27.7 Å². The van der Waals surface area contributed by atoms with Gasteiger partial charge in [-0.15, -0.1) is 0 Å². The summed E-state index contributed by atoms with van der Waals surface area (Å²) in [7, 11) is 2.66. The van der Waals surface area contributed by atoms with E-state index in [0.29, 0.717) is 5.75 Å². The van der Waals surface area contributed by atoms with Crippen LogP contribution in [0.15, 0.2) is 24.3 Å². The third kappa shape index (κ3) is 2.70. The van der Waals surface area contributed by atoms with Crippen LogP contribution in [0.25, 0.3) is 0 Å². The molecule has 5 nitrogen and oxygen atoms in total. The van der Waals surface area contributed by atoms with E-state index in [9.17, 15) is 14.7 Å². The van der Waals surface area contributed by atoms with Crippen molar-refractivity contribution in [2.75, 3.05) is 20.8 Å². The van der Waals surface area contributed by atoms with Gasteiger partial charge < -0.3 is 14.6 Å². The monoisotopic (exact) mass is 316 g/mol. The molecule has 1 aromatic rings. The van der Waals surface area contributed by atoms with Crippen molar-refractivity contribution < 1.29 is 24.2 Å². The predicted octanol–water partition coefficient (Wildman–Crippen LogP) is 1.18. The van der Waals surface area contributed by atoms with Crippen molar-refractivity contribution in [3.8, 4) is 5.75 Å². The third-order valence-electron chi connectivity index (χ3n) is 2.44. The third-order valence-corrected chi connectivity index (χ3v) is 3.37. The fraction of sp³-hybridized carbons (Fsp3) is 0.333. The Bertz CT molecular complexity index is 442. The minimum Gasteiger partial charge on any atom is -0.497 e. The summed E-state index contributed by atoms with van der Waals surface area (Å²) in [6.45, 7) is -0.690. The standard InChI is InChI=1S/C12H13BrO5/c1-17-9-5-3-8(4-6-9)10(15)12(13,7-14)11(16)18-2/h3-6,14H,7H2,1-2H3. The molecule has 1 N–H and O–H groups in total. The average Bonchev–Trinajstić information content (AvgIpc) is 2.44. The molecule has 0 aromatic heterocycles. The van der Waals surface area contributed by atoms with E-state index in [1.54, 1.807) is 12.1 Å². The Morgan fingerprint density at radius 3 is 2.22 bits per heavy atom. The van der Waals surface area contributed by atoms with E-state index in [1.165, 1.54) is 19.2 Å². The minimum absolute atomic E-state index is 0.270. The molecule has 0 radical (unpaired) electrons. The average molecular weight is 317 g/mol. The predicted molar refractivity (Wildman–Crippen MR) is 68.1 cm³/mol. The van der Waals surface area contributed by atoms with Gasteiger partial charge in [0.2, 0.25) is 4.32 Å². The molecule has 0 bridgehead atoms. The van der Waals surface area contributed by atoms with Crippen LogP contribution in [-0.2, 0) is 9.53 Å². The highest BCUT2D eigenvalue weighted by molar-refractivity contribution is 9.10. The normalized spacial score (nSPS) is 13.6. The molecule has 0 fully saturated rings. The molecule has 0 heterocycles. The number of methoxy groups -OCH3 is 2. The first-order valence-corrected chi connectivity index (χ1v) is 5.86. The summed E-state index contributed by atoms with van der Waals surface area (Å²) >= 11 is 2.94. The van der Waals surface area contributed by atoms with E-state index in [1.807, 2.05) is 0 Å². The fourth-order valence-electron chi connectivity index (χ4n) is 1.36. The van der Waals surface area contributed by atoms with E-state index in [0.717, 1.165) is 7.11 Å². The number of benzene rings is 1. The number of Topliss-reactive ketones (excluding diaryl/α,β-unsaturated/α-hetero) is 1. The van der Waals surface area contributed by atoms with Gasteiger partial charge in [0.25, 0.3) is 0 Å². The Balaban J connectivity index is 3.06. The lowest BCUT2D eigenvalue weighted by Crippen LogP contribution is -2.45. The number of halogens is 1. The maximum Gasteiger partial charge on any atom is 0.333 e. The van der Waals surface area contributed by atoms with Crippen LogP contribution < -0.4 is 4.74 Å². The highest BCUT2D eigenvalue weighted by Gasteiger charge is 2.44. The molecule has 1 aromatic carbocycles. The molecule has 18 heavy (non-hydrogen) atoms. The van der Waals surface area contributed by atoms with Gasteiger partial charge in [-0.1, -0.05) is 15.9 Å². The van der Waals surface area contributed by atoms with Crippen LogP contribution in [0.1, 0.15) is 10.4 Å². The number of carbonyl (C=O) groups is 2. The summed E-state index contributed by atoms with van der Waals surface area (Å²) in [6, 6.07) is 6.20. The number of ketones is 1. The Hall–Kier alpha value is -1.40. The van der Waals surface area contributed by atoms with Crippen LogP contribution >= 0.6 is 15.9 Å². The Kier molecular flexibility index (Phi) is 4.86. The summed E-state index contributed by atoms with van der Waals surface area (Å²) in [4.78, 5) is 23.7. The van der Waals surface area contributed by atoms with Gasteiger partial charge in [-0.25, -0.2) is 4.79 Å². The minimum atomic E-state index is -1.77. The summed E-state index contributed by atoms with van der Waals surface area (Å²) in [5.41, 5.74) is 0.270. The van der Waals surface area contributed by atoms with E-state index in [4.69, 9.17) is 4.74 Å². The molecule has 1 rings (SSSR count). The number of esters is 1. The number of rotatable bonds is 5. The molecule has 0 aliphatic carbocycles. The zero-order valence-corrected chi connectivity index (χ0v) is 11.6. The summed E-state index contributed by atoms with van der Waals surface area (Å²) in [5.74, 6) is -0.820. The van der Waals surface area contributed by atoms with Gasteiger partial charge >= 0.3 is 5.97 Å². The number of aliphatic hydroxyl groups is 1. The van der Waals surface area contributed by atoms with E-state index in [2.05, 4.69) is 20.7 Å². The Morgan fingerprint density at radius 2 is 1.83 bits per heavy atom. The molecule has 0 spiro atoms. The van der Waals surface area contributed by atoms with Gasteiger partial charge in [0.1, 0.15) is 5.75 Å². The number of hydrogen-bond acceptors (Lipinski definition) is 5. The number of carbonyl (C=O) groups excluding carboxylic acids is 2. The van der Waals surface area contributed by atoms with Gasteiger partial charge in [0.15, 0.2) is 5.78 Å². The molecular formula is C12H13BrO5. The first-order valence-electron chi connectivity index (χ1n) is 5.06. The SMILES string of the molecule is COC(=O)C(Br)(CO)C(=O)c1ccc(OC)cc1. The molecule has 0 aliphatic rings. The second-order valence-electron chi connectivity index (χ2n) is 3.51. The molecule has 98 valence electrons. The number of ether oxygens (including phenoxy) is 2. The quantitative estimate of drug-likeness (QED) is 0.382. The molecule has 1 atom stereocenters. The number of hydrogen-bond donors (Lipinski definition) is 1. The van der Waals surface area contributed by atoms with Crippen LogP contribution in [-0.4, -0.2) is 42.0 Å². The van der Waals surface area contributed by atoms with Crippen molar-refractivity contribution in [2.24, 2.45) is 0 Å². The second-order valence-corrected chi connectivity index (χ2v) is 4.86. The Morgan fingerprint density at radius 1 is 1.28 bits per heavy atom. The fourth-order valence-corrected chi connectivity index (χ4v) is 1.75. The molecule has 6 heteroatoms. The maximum atomic E-state index is 12.1. The van der Waals surface area contributed by atoms with Crippen LogP contribution in [0, 0.1) is 0 Å². The summed E-state index contributed by atoms with van der Waals surface area (Å²) in [5, 5.41) is 9.23. The largest absolute Gasteiger partial charge is 0.497 e. The smallest absolute Gasteiger partial charge is 0.333 e. The lowest BCUT2D eigenvalue weighted by Gasteiger charge is -2.20. The van der Waals surface area contributed by atoms with E-state index < -0.39 is 22.7 Å². The first kappa shape index (κ1) is 14.7. The van der Waals surface area contributed by atoms with Gasteiger partial charge in [0, 0.05) is 5.56 Å². The van der Waals surface area contributed by atoms with Crippen molar-refractivity contribution in [2.45, 2.75) is 4.32 Å². The van der Waals surface area contributed by atoms with Gasteiger partial charge in [-0.2, -0.15) is 0 Å². The zero-order valence-electron chi connectivity index (χ0n) is 9.97. The van der Waals surface area contributed by atoms with Crippen molar-refractivity contribution in [1.29, 1.82) is 0 Å². The zero-order chi connectivity index (χ0) is 13.8. The van der Waals surface area contributed by atoms with Crippen LogP contribution in [0.2, 0.25) is 0 Å². The summed E-state index contributed by atoms with van der Waals surface area (Å²) < 4.78 is 7.70. The van der Waals surface area contributed by atoms with Gasteiger partial charge in [-0.3, -0.25) is 4.79 Å². The Labute approximate surface area is 113 Å². The van der Waals surface area contributed by atoms with E-state index >= 15 is 0 Å². The van der Waals surface area contributed by atoms with Gasteiger partial charge in [-0.05, 0) is 24.3 Å².